The number of benzene rings is 1. The summed E-state index contributed by atoms with van der Waals surface area (Å²) in [6.45, 7) is 2.04. The van der Waals surface area contributed by atoms with Gasteiger partial charge in [-0.3, -0.25) is 0 Å². The Hall–Kier alpha value is -1.13. The molecule has 0 saturated heterocycles. The first-order chi connectivity index (χ1) is 9.15. The van der Waals surface area contributed by atoms with E-state index in [0.717, 1.165) is 25.7 Å². The predicted octanol–water partition coefficient (Wildman–Crippen LogP) is 2.62. The lowest BCUT2D eigenvalue weighted by molar-refractivity contribution is 0.198. The van der Waals surface area contributed by atoms with E-state index in [0.29, 0.717) is 17.8 Å². The smallest absolute Gasteiger partial charge is 0.146 e. The number of hydrogen-bond donors (Lipinski definition) is 2. The van der Waals surface area contributed by atoms with E-state index in [-0.39, 0.29) is 18.5 Å². The van der Waals surface area contributed by atoms with Gasteiger partial charge in [0.05, 0.1) is 18.4 Å². The summed E-state index contributed by atoms with van der Waals surface area (Å²) in [6, 6.07) is 5.05. The quantitative estimate of drug-likeness (QED) is 0.862. The normalized spacial score (nSPS) is 17.7. The Labute approximate surface area is 113 Å². The van der Waals surface area contributed by atoms with Crippen LogP contribution >= 0.6 is 0 Å². The molecule has 4 heteroatoms. The molecular weight excluding hydrogens is 245 g/mol. The van der Waals surface area contributed by atoms with Gasteiger partial charge in [-0.2, -0.15) is 0 Å². The highest BCUT2D eigenvalue weighted by Gasteiger charge is 2.27. The molecule has 2 rings (SSSR count). The van der Waals surface area contributed by atoms with Gasteiger partial charge in [0.15, 0.2) is 0 Å². The molecule has 0 aliphatic heterocycles. The summed E-state index contributed by atoms with van der Waals surface area (Å²) in [6.07, 6.45) is 3.62. The molecule has 1 fully saturated rings. The molecule has 1 aliphatic carbocycles. The maximum atomic E-state index is 14.2. The number of rotatable bonds is 5. The van der Waals surface area contributed by atoms with Crippen molar-refractivity contribution in [3.63, 3.8) is 0 Å². The van der Waals surface area contributed by atoms with Gasteiger partial charge in [-0.25, -0.2) is 4.39 Å². The van der Waals surface area contributed by atoms with Crippen LogP contribution in [0.5, 0.6) is 0 Å². The molecule has 1 saturated carbocycles. The molecule has 0 radical (unpaired) electrons. The molecule has 0 heterocycles. The first kappa shape index (κ1) is 14.3. The molecule has 106 valence electrons. The molecule has 1 aromatic carbocycles. The fourth-order valence-electron chi connectivity index (χ4n) is 2.97. The van der Waals surface area contributed by atoms with Gasteiger partial charge in [0.25, 0.3) is 0 Å². The summed E-state index contributed by atoms with van der Waals surface area (Å²) in [5, 5.41) is 19.1. The monoisotopic (exact) mass is 267 g/mol. The minimum atomic E-state index is -0.715. The summed E-state index contributed by atoms with van der Waals surface area (Å²) in [5.41, 5.74) is 1.05. The maximum Gasteiger partial charge on any atom is 0.146 e. The fraction of sp³-hybridized carbons (Fsp3) is 0.600. The molecule has 0 spiro atoms. The minimum absolute atomic E-state index is 0.00984. The van der Waals surface area contributed by atoms with Crippen molar-refractivity contribution in [1.29, 1.82) is 0 Å². The summed E-state index contributed by atoms with van der Waals surface area (Å²) < 4.78 is 14.2. The second-order valence-corrected chi connectivity index (χ2v) is 5.21. The lowest BCUT2D eigenvalue weighted by Gasteiger charge is -2.33. The maximum absolute atomic E-state index is 14.2. The van der Waals surface area contributed by atoms with E-state index in [1.807, 2.05) is 4.90 Å². The molecule has 0 unspecified atom stereocenters. The van der Waals surface area contributed by atoms with E-state index < -0.39 is 6.10 Å². The van der Waals surface area contributed by atoms with Gasteiger partial charge in [0.1, 0.15) is 5.82 Å². The molecular formula is C15H22FNO2. The van der Waals surface area contributed by atoms with E-state index in [1.165, 1.54) is 6.07 Å². The highest BCUT2D eigenvalue weighted by molar-refractivity contribution is 5.56. The number of nitrogens with zero attached hydrogens (tertiary/aromatic N) is 1. The van der Waals surface area contributed by atoms with Crippen molar-refractivity contribution in [1.82, 2.24) is 0 Å². The van der Waals surface area contributed by atoms with E-state index in [1.54, 1.807) is 19.1 Å². The molecule has 0 bridgehead atoms. The number of anilines is 1. The molecule has 1 atom stereocenters. The van der Waals surface area contributed by atoms with Gasteiger partial charge in [-0.15, -0.1) is 0 Å². The Balaban J connectivity index is 2.39. The topological polar surface area (TPSA) is 43.7 Å². The van der Waals surface area contributed by atoms with Crippen LogP contribution in [-0.4, -0.2) is 29.4 Å². The van der Waals surface area contributed by atoms with Crippen molar-refractivity contribution >= 4 is 5.69 Å². The van der Waals surface area contributed by atoms with Crippen LogP contribution in [0.2, 0.25) is 0 Å². The standard InChI is InChI=1S/C15H22FNO2/c1-11(19)13-7-4-8-14(16)15(13)17(9-10-18)12-5-2-3-6-12/h4,7-8,11-12,18-19H,2-3,5-6,9-10H2,1H3/t11-/m0/s1. The van der Waals surface area contributed by atoms with Crippen LogP contribution in [0, 0.1) is 5.82 Å². The molecule has 0 aromatic heterocycles. The van der Waals surface area contributed by atoms with Crippen LogP contribution in [0.1, 0.15) is 44.3 Å². The summed E-state index contributed by atoms with van der Waals surface area (Å²) >= 11 is 0. The van der Waals surface area contributed by atoms with Crippen molar-refractivity contribution < 1.29 is 14.6 Å². The summed E-state index contributed by atoms with van der Waals surface area (Å²) in [7, 11) is 0. The number of aliphatic hydroxyl groups is 2. The van der Waals surface area contributed by atoms with Crippen LogP contribution in [0.25, 0.3) is 0 Å². The van der Waals surface area contributed by atoms with Gasteiger partial charge in [-0.05, 0) is 25.8 Å². The van der Waals surface area contributed by atoms with E-state index in [9.17, 15) is 14.6 Å². The van der Waals surface area contributed by atoms with E-state index >= 15 is 0 Å². The molecule has 1 aliphatic rings. The molecule has 3 nitrogen and oxygen atoms in total. The third-order valence-corrected chi connectivity index (χ3v) is 3.86. The van der Waals surface area contributed by atoms with Crippen LogP contribution in [0.15, 0.2) is 18.2 Å². The molecule has 19 heavy (non-hydrogen) atoms. The Kier molecular flexibility index (Phi) is 4.77. The number of hydrogen-bond acceptors (Lipinski definition) is 3. The van der Waals surface area contributed by atoms with Crippen LogP contribution in [0.3, 0.4) is 0 Å². The van der Waals surface area contributed by atoms with Gasteiger partial charge in [0, 0.05) is 18.2 Å². The Bertz CT molecular complexity index is 417. The van der Waals surface area contributed by atoms with Crippen molar-refractivity contribution in [2.45, 2.75) is 44.8 Å². The first-order valence-corrected chi connectivity index (χ1v) is 6.99. The number of aliphatic hydroxyl groups excluding tert-OH is 2. The second kappa shape index (κ2) is 6.35. The lowest BCUT2D eigenvalue weighted by atomic mass is 10.0. The van der Waals surface area contributed by atoms with Crippen molar-refractivity contribution in [2.24, 2.45) is 0 Å². The van der Waals surface area contributed by atoms with Crippen LogP contribution < -0.4 is 4.90 Å². The van der Waals surface area contributed by atoms with Crippen molar-refractivity contribution in [3.8, 4) is 0 Å². The zero-order valence-electron chi connectivity index (χ0n) is 11.3. The SMILES string of the molecule is C[C@H](O)c1cccc(F)c1N(CCO)C1CCCC1. The largest absolute Gasteiger partial charge is 0.395 e. The Morgan fingerprint density at radius 2 is 2.05 bits per heavy atom. The average molecular weight is 267 g/mol. The highest BCUT2D eigenvalue weighted by atomic mass is 19.1. The molecule has 2 N–H and O–H groups in total. The molecule has 0 amide bonds. The third-order valence-electron chi connectivity index (χ3n) is 3.86. The summed E-state index contributed by atoms with van der Waals surface area (Å²) in [5.74, 6) is -0.321. The van der Waals surface area contributed by atoms with Crippen LogP contribution in [-0.2, 0) is 0 Å². The van der Waals surface area contributed by atoms with Gasteiger partial charge < -0.3 is 15.1 Å². The first-order valence-electron chi connectivity index (χ1n) is 6.99. The van der Waals surface area contributed by atoms with Gasteiger partial charge >= 0.3 is 0 Å². The summed E-state index contributed by atoms with van der Waals surface area (Å²) in [4.78, 5) is 1.93. The zero-order chi connectivity index (χ0) is 13.8. The lowest BCUT2D eigenvalue weighted by Crippen LogP contribution is -2.37. The number of para-hydroxylation sites is 1. The van der Waals surface area contributed by atoms with Gasteiger partial charge in [-0.1, -0.05) is 25.0 Å². The fourth-order valence-corrected chi connectivity index (χ4v) is 2.97. The Morgan fingerprint density at radius 3 is 2.63 bits per heavy atom. The Morgan fingerprint density at radius 1 is 1.37 bits per heavy atom. The van der Waals surface area contributed by atoms with Crippen molar-refractivity contribution in [2.75, 3.05) is 18.1 Å². The van der Waals surface area contributed by atoms with Gasteiger partial charge in [0.2, 0.25) is 0 Å². The predicted molar refractivity (Wildman–Crippen MR) is 73.7 cm³/mol. The average Bonchev–Trinajstić information content (AvgIpc) is 2.89. The van der Waals surface area contributed by atoms with E-state index in [4.69, 9.17) is 0 Å². The third kappa shape index (κ3) is 3.07. The zero-order valence-corrected chi connectivity index (χ0v) is 11.3. The molecule has 1 aromatic rings. The van der Waals surface area contributed by atoms with E-state index in [2.05, 4.69) is 0 Å². The van der Waals surface area contributed by atoms with Crippen LogP contribution in [0.4, 0.5) is 10.1 Å². The number of halogens is 1. The second-order valence-electron chi connectivity index (χ2n) is 5.21. The van der Waals surface area contributed by atoms with Crippen molar-refractivity contribution in [3.05, 3.63) is 29.6 Å². The highest BCUT2D eigenvalue weighted by Crippen LogP contribution is 2.34. The minimum Gasteiger partial charge on any atom is -0.395 e.